The summed E-state index contributed by atoms with van der Waals surface area (Å²) in [7, 11) is 1.59. The first-order valence-electron chi connectivity index (χ1n) is 11.1. The van der Waals surface area contributed by atoms with Crippen molar-refractivity contribution in [3.05, 3.63) is 68.8 Å². The molecule has 0 bridgehead atoms. The number of aryl methyl sites for hydroxylation is 2. The number of thiophene rings is 1. The van der Waals surface area contributed by atoms with Gasteiger partial charge in [-0.3, -0.25) is 14.6 Å². The van der Waals surface area contributed by atoms with Crippen molar-refractivity contribution >= 4 is 28.1 Å². The first-order valence-corrected chi connectivity index (χ1v) is 11.9. The molecule has 4 heterocycles. The fourth-order valence-electron chi connectivity index (χ4n) is 3.63. The molecule has 4 aromatic heterocycles. The minimum atomic E-state index is -1.85. The number of amides is 1. The third-order valence-electron chi connectivity index (χ3n) is 5.49. The second-order valence-electron chi connectivity index (χ2n) is 8.85. The van der Waals surface area contributed by atoms with E-state index in [1.165, 1.54) is 15.9 Å². The number of rotatable bonds is 7. The maximum absolute atomic E-state index is 15.1. The van der Waals surface area contributed by atoms with Gasteiger partial charge >= 0.3 is 0 Å². The summed E-state index contributed by atoms with van der Waals surface area (Å²) in [5, 5.41) is 13.8. The smallest absolute Gasteiger partial charge is 0.280 e. The molecule has 4 rings (SSSR count). The van der Waals surface area contributed by atoms with Crippen LogP contribution in [0.3, 0.4) is 0 Å². The van der Waals surface area contributed by atoms with Crippen molar-refractivity contribution in [1.82, 2.24) is 19.9 Å². The molecule has 0 aliphatic heterocycles. The highest BCUT2D eigenvalue weighted by atomic mass is 32.1. The average Bonchev–Trinajstić information content (AvgIpc) is 3.42. The van der Waals surface area contributed by atoms with Gasteiger partial charge in [0.25, 0.3) is 17.8 Å². The lowest BCUT2D eigenvalue weighted by Gasteiger charge is -2.14. The topological polar surface area (TPSA) is 109 Å². The van der Waals surface area contributed by atoms with Crippen LogP contribution in [0.4, 0.5) is 4.39 Å². The van der Waals surface area contributed by atoms with Crippen LogP contribution in [0.2, 0.25) is 0 Å². The first kappa shape index (κ1) is 24.6. The molecule has 35 heavy (non-hydrogen) atoms. The van der Waals surface area contributed by atoms with Gasteiger partial charge in [-0.15, -0.1) is 11.3 Å². The number of carbonyl (C=O) groups excluding carboxylic acids is 1. The van der Waals surface area contributed by atoms with Gasteiger partial charge in [0, 0.05) is 41.8 Å². The molecule has 0 saturated heterocycles. The molecular weight excluding hydrogens is 471 g/mol. The van der Waals surface area contributed by atoms with Crippen molar-refractivity contribution in [2.45, 2.75) is 39.7 Å². The van der Waals surface area contributed by atoms with Crippen LogP contribution in [0.1, 0.15) is 53.8 Å². The van der Waals surface area contributed by atoms with Gasteiger partial charge in [0.1, 0.15) is 22.7 Å². The van der Waals surface area contributed by atoms with Gasteiger partial charge in [-0.2, -0.15) is 4.39 Å². The van der Waals surface area contributed by atoms with E-state index in [0.29, 0.717) is 27.2 Å². The summed E-state index contributed by atoms with van der Waals surface area (Å²) < 4.78 is 22.2. The largest absolute Gasteiger partial charge is 0.453 e. The van der Waals surface area contributed by atoms with E-state index in [1.807, 2.05) is 6.92 Å². The standard InChI is InChI=1S/C25H27FN4O4S/c1-6-27-23(31)17-9-14-15(12-30(5)24(32)20(14)29-17)21-18(10-19(35-21)25(3,4)33)34-22(26)16-8-7-13(2)11-28-16/h7-12,22,29,33H,6H2,1-5H3,(H,27,31). The molecule has 8 nitrogen and oxygen atoms in total. The number of alkyl halides is 1. The molecule has 0 aliphatic carbocycles. The van der Waals surface area contributed by atoms with Crippen molar-refractivity contribution in [2.24, 2.45) is 7.05 Å². The molecule has 1 unspecified atom stereocenters. The number of aromatic amines is 1. The SMILES string of the molecule is CCNC(=O)c1cc2c(-c3sc(C(C)(C)O)cc3OC(F)c3ccc(C)cn3)cn(C)c(=O)c2[nH]1. The zero-order valence-corrected chi connectivity index (χ0v) is 20.9. The van der Waals surface area contributed by atoms with E-state index in [1.54, 1.807) is 64.5 Å². The van der Waals surface area contributed by atoms with E-state index in [9.17, 15) is 14.7 Å². The Hall–Kier alpha value is -3.50. The molecule has 4 aromatic rings. The number of hydrogen-bond donors (Lipinski definition) is 3. The van der Waals surface area contributed by atoms with Crippen LogP contribution in [-0.2, 0) is 12.6 Å². The van der Waals surface area contributed by atoms with Gasteiger partial charge in [-0.25, -0.2) is 0 Å². The fourth-order valence-corrected chi connectivity index (χ4v) is 4.75. The van der Waals surface area contributed by atoms with Crippen molar-refractivity contribution in [1.29, 1.82) is 0 Å². The Morgan fingerprint density at radius 3 is 2.74 bits per heavy atom. The first-order chi connectivity index (χ1) is 16.5. The number of H-pyrrole nitrogens is 1. The van der Waals surface area contributed by atoms with Crippen molar-refractivity contribution in [3.63, 3.8) is 0 Å². The second kappa shape index (κ2) is 9.27. The Kier molecular flexibility index (Phi) is 6.52. The molecule has 1 amide bonds. The molecule has 10 heteroatoms. The maximum atomic E-state index is 15.1. The van der Waals surface area contributed by atoms with Gasteiger partial charge in [0.2, 0.25) is 0 Å². The van der Waals surface area contributed by atoms with Crippen LogP contribution in [-0.4, -0.2) is 32.1 Å². The molecule has 0 radical (unpaired) electrons. The van der Waals surface area contributed by atoms with Crippen molar-refractivity contribution in [3.8, 4) is 16.2 Å². The number of ether oxygens (including phenoxy) is 1. The van der Waals surface area contributed by atoms with Crippen LogP contribution in [0.5, 0.6) is 5.75 Å². The number of halogens is 1. The number of fused-ring (bicyclic) bond motifs is 1. The van der Waals surface area contributed by atoms with Gasteiger partial charge in [-0.1, -0.05) is 6.07 Å². The predicted octanol–water partition coefficient (Wildman–Crippen LogP) is 4.32. The highest BCUT2D eigenvalue weighted by molar-refractivity contribution is 7.16. The predicted molar refractivity (Wildman–Crippen MR) is 134 cm³/mol. The zero-order chi connectivity index (χ0) is 25.5. The molecule has 0 spiro atoms. The summed E-state index contributed by atoms with van der Waals surface area (Å²) in [4.78, 5) is 33.3. The number of pyridine rings is 2. The van der Waals surface area contributed by atoms with Crippen LogP contribution in [0.25, 0.3) is 21.3 Å². The summed E-state index contributed by atoms with van der Waals surface area (Å²) in [5.41, 5.74) is 0.529. The Morgan fingerprint density at radius 1 is 1.37 bits per heavy atom. The van der Waals surface area contributed by atoms with E-state index in [0.717, 1.165) is 5.56 Å². The monoisotopic (exact) mass is 498 g/mol. The van der Waals surface area contributed by atoms with Gasteiger partial charge < -0.3 is 24.7 Å². The lowest BCUT2D eigenvalue weighted by atomic mass is 10.1. The summed E-state index contributed by atoms with van der Waals surface area (Å²) in [6, 6.07) is 6.49. The number of hydrogen-bond acceptors (Lipinski definition) is 6. The number of aliphatic hydroxyl groups is 1. The third-order valence-corrected chi connectivity index (χ3v) is 6.95. The molecule has 0 aromatic carbocycles. The van der Waals surface area contributed by atoms with E-state index >= 15 is 4.39 Å². The Bertz CT molecular complexity index is 1450. The van der Waals surface area contributed by atoms with Gasteiger partial charge in [0.15, 0.2) is 0 Å². The number of carbonyl (C=O) groups is 1. The lowest BCUT2D eigenvalue weighted by Crippen LogP contribution is -2.23. The lowest BCUT2D eigenvalue weighted by molar-refractivity contribution is 0.0621. The fraction of sp³-hybridized carbons (Fsp3) is 0.320. The van der Waals surface area contributed by atoms with Gasteiger partial charge in [-0.05, 0) is 51.5 Å². The van der Waals surface area contributed by atoms with Crippen molar-refractivity contribution < 1.29 is 19.0 Å². The summed E-state index contributed by atoms with van der Waals surface area (Å²) >= 11 is 1.22. The van der Waals surface area contributed by atoms with E-state index in [4.69, 9.17) is 4.74 Å². The van der Waals surface area contributed by atoms with E-state index < -0.39 is 12.0 Å². The Morgan fingerprint density at radius 2 is 2.11 bits per heavy atom. The van der Waals surface area contributed by atoms with Crippen LogP contribution in [0, 0.1) is 6.92 Å². The minimum absolute atomic E-state index is 0.114. The van der Waals surface area contributed by atoms with Crippen LogP contribution < -0.4 is 15.6 Å². The highest BCUT2D eigenvalue weighted by Gasteiger charge is 2.27. The number of aromatic nitrogens is 3. The molecule has 3 N–H and O–H groups in total. The molecular formula is C25H27FN4O4S. The Labute approximate surface area is 205 Å². The highest BCUT2D eigenvalue weighted by Crippen LogP contribution is 2.45. The number of nitrogens with one attached hydrogen (secondary N) is 2. The maximum Gasteiger partial charge on any atom is 0.280 e. The van der Waals surface area contributed by atoms with Crippen LogP contribution in [0.15, 0.2) is 41.5 Å². The summed E-state index contributed by atoms with van der Waals surface area (Å²) in [5.74, 6) is -0.145. The summed E-state index contributed by atoms with van der Waals surface area (Å²) in [6.45, 7) is 7.34. The average molecular weight is 499 g/mol. The van der Waals surface area contributed by atoms with Crippen LogP contribution >= 0.6 is 11.3 Å². The molecule has 184 valence electrons. The molecule has 0 saturated carbocycles. The molecule has 0 aliphatic rings. The van der Waals surface area contributed by atoms with E-state index in [-0.39, 0.29) is 34.1 Å². The quantitative estimate of drug-likeness (QED) is 0.352. The second-order valence-corrected chi connectivity index (χ2v) is 9.90. The molecule has 0 fully saturated rings. The minimum Gasteiger partial charge on any atom is -0.453 e. The normalized spacial score (nSPS) is 12.7. The Balaban J connectivity index is 1.88. The zero-order valence-electron chi connectivity index (χ0n) is 20.1. The number of nitrogens with zero attached hydrogens (tertiary/aromatic N) is 2. The third kappa shape index (κ3) is 4.85. The van der Waals surface area contributed by atoms with E-state index in [2.05, 4.69) is 15.3 Å². The van der Waals surface area contributed by atoms with Crippen molar-refractivity contribution in [2.75, 3.05) is 6.54 Å². The van der Waals surface area contributed by atoms with Gasteiger partial charge in [0.05, 0.1) is 10.5 Å². The molecule has 1 atom stereocenters. The summed E-state index contributed by atoms with van der Waals surface area (Å²) in [6.07, 6.45) is 1.32.